The van der Waals surface area contributed by atoms with E-state index in [9.17, 15) is 9.59 Å². The van der Waals surface area contributed by atoms with E-state index in [0.29, 0.717) is 46.5 Å². The average molecular weight is 594 g/mol. The summed E-state index contributed by atoms with van der Waals surface area (Å²) in [5.41, 5.74) is 2.55. The zero-order chi connectivity index (χ0) is 29.6. The first kappa shape index (κ1) is 31.5. The lowest BCUT2D eigenvalue weighted by atomic mass is 10.0. The summed E-state index contributed by atoms with van der Waals surface area (Å²) in [6.45, 7) is 17.9. The van der Waals surface area contributed by atoms with E-state index < -0.39 is 5.69 Å². The van der Waals surface area contributed by atoms with E-state index in [4.69, 9.17) is 16.6 Å². The van der Waals surface area contributed by atoms with Crippen molar-refractivity contribution in [3.8, 4) is 5.69 Å². The minimum absolute atomic E-state index is 0. The van der Waals surface area contributed by atoms with Gasteiger partial charge in [-0.3, -0.25) is 9.78 Å². The van der Waals surface area contributed by atoms with Crippen molar-refractivity contribution in [2.75, 3.05) is 29.4 Å². The second-order valence-electron chi connectivity index (χ2n) is 11.8. The van der Waals surface area contributed by atoms with E-state index in [1.807, 2.05) is 37.8 Å². The standard InChI is InChI=1S/C31H40ClN7O2.CH4/c1-8-25(40)37-16-22(7)38(17-21(37)6)28-23-15-24(32)30(36-14-10-9-11-20(36)5)34-29(23)39(31(41)35-28)27-19(4)12-13-33-26(27)18(2)3;/h8,12-13,15,18,20-22H,1,9-11,14,16-17H2,2-7H3;1H4/t20?,21-,22+;/m1./s1. The Hall–Kier alpha value is -3.46. The van der Waals surface area contributed by atoms with Gasteiger partial charge in [0.1, 0.15) is 11.6 Å². The van der Waals surface area contributed by atoms with Gasteiger partial charge in [-0.2, -0.15) is 4.98 Å². The molecule has 0 aromatic carbocycles. The van der Waals surface area contributed by atoms with Crippen molar-refractivity contribution < 1.29 is 4.79 Å². The van der Waals surface area contributed by atoms with Crippen LogP contribution in [0.2, 0.25) is 5.02 Å². The largest absolute Gasteiger partial charge is 0.355 e. The zero-order valence-electron chi connectivity index (χ0n) is 24.9. The van der Waals surface area contributed by atoms with E-state index >= 15 is 0 Å². The maximum atomic E-state index is 14.1. The highest BCUT2D eigenvalue weighted by Crippen LogP contribution is 2.37. The van der Waals surface area contributed by atoms with Crippen LogP contribution < -0.4 is 15.5 Å². The summed E-state index contributed by atoms with van der Waals surface area (Å²) in [5, 5.41) is 1.23. The number of hydrogen-bond donors (Lipinski definition) is 0. The van der Waals surface area contributed by atoms with Crippen molar-refractivity contribution in [3.63, 3.8) is 0 Å². The van der Waals surface area contributed by atoms with Gasteiger partial charge < -0.3 is 14.7 Å². The first-order valence-electron chi connectivity index (χ1n) is 14.6. The van der Waals surface area contributed by atoms with Crippen molar-refractivity contribution in [2.24, 2.45) is 0 Å². The van der Waals surface area contributed by atoms with Crippen molar-refractivity contribution >= 4 is 40.2 Å². The number of amides is 1. The fourth-order valence-electron chi connectivity index (χ4n) is 6.26. The summed E-state index contributed by atoms with van der Waals surface area (Å²) in [5.74, 6) is 1.20. The predicted molar refractivity (Wildman–Crippen MR) is 172 cm³/mol. The molecule has 10 heteroatoms. The van der Waals surface area contributed by atoms with E-state index in [-0.39, 0.29) is 37.4 Å². The Labute approximate surface area is 254 Å². The highest BCUT2D eigenvalue weighted by atomic mass is 35.5. The maximum Gasteiger partial charge on any atom is 0.355 e. The number of carbonyl (C=O) groups is 1. The number of piperidine rings is 1. The van der Waals surface area contributed by atoms with Crippen LogP contribution >= 0.6 is 11.6 Å². The minimum atomic E-state index is -0.414. The molecular formula is C32H44ClN7O2. The number of halogens is 1. The summed E-state index contributed by atoms with van der Waals surface area (Å²) >= 11 is 7.00. The molecule has 3 atom stereocenters. The van der Waals surface area contributed by atoms with Gasteiger partial charge in [-0.05, 0) is 76.6 Å². The minimum Gasteiger partial charge on any atom is -0.353 e. The Morgan fingerprint density at radius 1 is 1.07 bits per heavy atom. The second kappa shape index (κ2) is 12.4. The molecule has 5 heterocycles. The van der Waals surface area contributed by atoms with Gasteiger partial charge in [0.15, 0.2) is 5.65 Å². The molecule has 3 aromatic heterocycles. The summed E-state index contributed by atoms with van der Waals surface area (Å²) in [6, 6.07) is 3.93. The van der Waals surface area contributed by atoms with Crippen molar-refractivity contribution in [1.29, 1.82) is 0 Å². The molecule has 0 spiro atoms. The molecule has 0 saturated carbocycles. The van der Waals surface area contributed by atoms with Crippen LogP contribution in [0.15, 0.2) is 35.8 Å². The van der Waals surface area contributed by atoms with Crippen LogP contribution in [0.3, 0.4) is 0 Å². The average Bonchev–Trinajstić information content (AvgIpc) is 2.94. The van der Waals surface area contributed by atoms with Gasteiger partial charge >= 0.3 is 5.69 Å². The third kappa shape index (κ3) is 5.51. The Kier molecular flexibility index (Phi) is 9.30. The van der Waals surface area contributed by atoms with Crippen LogP contribution in [0.1, 0.15) is 78.5 Å². The molecule has 5 rings (SSSR count). The third-order valence-corrected chi connectivity index (χ3v) is 8.78. The van der Waals surface area contributed by atoms with Crippen LogP contribution in [0, 0.1) is 6.92 Å². The molecule has 2 aliphatic heterocycles. The molecule has 2 fully saturated rings. The van der Waals surface area contributed by atoms with Crippen LogP contribution in [0.5, 0.6) is 0 Å². The number of piperazine rings is 1. The Morgan fingerprint density at radius 2 is 1.81 bits per heavy atom. The van der Waals surface area contributed by atoms with Crippen molar-refractivity contribution in [1.82, 2.24) is 24.4 Å². The van der Waals surface area contributed by atoms with Crippen LogP contribution in [-0.4, -0.2) is 68.1 Å². The SMILES string of the molecule is C.C=CC(=O)N1C[C@H](C)N(c2nc(=O)n(-c3c(C)ccnc3C(C)C)c3nc(N4CCCCC4C)c(Cl)cc23)C[C@H]1C. The predicted octanol–water partition coefficient (Wildman–Crippen LogP) is 5.89. The van der Waals surface area contributed by atoms with E-state index in [1.54, 1.807) is 10.8 Å². The highest BCUT2D eigenvalue weighted by Gasteiger charge is 2.34. The van der Waals surface area contributed by atoms with Crippen molar-refractivity contribution in [3.05, 3.63) is 57.7 Å². The fourth-order valence-corrected chi connectivity index (χ4v) is 6.52. The first-order valence-corrected chi connectivity index (χ1v) is 15.0. The monoisotopic (exact) mass is 593 g/mol. The molecule has 1 amide bonds. The van der Waals surface area contributed by atoms with Gasteiger partial charge in [0.25, 0.3) is 0 Å². The molecule has 2 aliphatic rings. The molecule has 0 aliphatic carbocycles. The number of pyridine rings is 2. The number of aryl methyl sites for hydroxylation is 1. The lowest BCUT2D eigenvalue weighted by Gasteiger charge is -2.44. The number of hydrogen-bond acceptors (Lipinski definition) is 7. The number of nitrogens with zero attached hydrogens (tertiary/aromatic N) is 7. The summed E-state index contributed by atoms with van der Waals surface area (Å²) < 4.78 is 1.62. The summed E-state index contributed by atoms with van der Waals surface area (Å²) in [6.07, 6.45) is 6.43. The van der Waals surface area contributed by atoms with Crippen LogP contribution in [0.4, 0.5) is 11.6 Å². The molecule has 1 unspecified atom stereocenters. The van der Waals surface area contributed by atoms with E-state index in [1.165, 1.54) is 12.5 Å². The maximum absolute atomic E-state index is 14.1. The van der Waals surface area contributed by atoms with E-state index in [2.05, 4.69) is 47.1 Å². The van der Waals surface area contributed by atoms with Gasteiger partial charge in [-0.25, -0.2) is 14.3 Å². The van der Waals surface area contributed by atoms with Crippen LogP contribution in [0.25, 0.3) is 16.7 Å². The molecule has 42 heavy (non-hydrogen) atoms. The molecule has 3 aromatic rings. The summed E-state index contributed by atoms with van der Waals surface area (Å²) in [4.78, 5) is 47.3. The van der Waals surface area contributed by atoms with Gasteiger partial charge in [0.05, 0.1) is 21.8 Å². The molecule has 2 saturated heterocycles. The number of carbonyl (C=O) groups excluding carboxylic acids is 1. The zero-order valence-corrected chi connectivity index (χ0v) is 25.6. The molecule has 9 nitrogen and oxygen atoms in total. The lowest BCUT2D eigenvalue weighted by molar-refractivity contribution is -0.128. The van der Waals surface area contributed by atoms with Gasteiger partial charge in [-0.1, -0.05) is 39.5 Å². The summed E-state index contributed by atoms with van der Waals surface area (Å²) in [7, 11) is 0. The normalized spacial score (nSPS) is 21.0. The first-order chi connectivity index (χ1) is 19.5. The van der Waals surface area contributed by atoms with Crippen molar-refractivity contribution in [2.45, 2.75) is 92.3 Å². The fraction of sp³-hybridized carbons (Fsp3) is 0.531. The highest BCUT2D eigenvalue weighted by molar-refractivity contribution is 6.33. The molecule has 0 N–H and O–H groups in total. The lowest BCUT2D eigenvalue weighted by Crippen LogP contribution is -2.58. The molecule has 226 valence electrons. The Balaban J connectivity index is 0.00000405. The van der Waals surface area contributed by atoms with Gasteiger partial charge in [0, 0.05) is 44.0 Å². The third-order valence-electron chi connectivity index (χ3n) is 8.50. The topological polar surface area (TPSA) is 87.5 Å². The number of anilines is 2. The van der Waals surface area contributed by atoms with E-state index in [0.717, 1.165) is 30.6 Å². The molecular weight excluding hydrogens is 550 g/mol. The molecule has 0 radical (unpaired) electrons. The number of aromatic nitrogens is 4. The van der Waals surface area contributed by atoms with Gasteiger partial charge in [0.2, 0.25) is 5.91 Å². The number of rotatable bonds is 5. The Bertz CT molecular complexity index is 1550. The molecule has 0 bridgehead atoms. The quantitative estimate of drug-likeness (QED) is 0.341. The second-order valence-corrected chi connectivity index (χ2v) is 12.2. The van der Waals surface area contributed by atoms with Crippen LogP contribution in [-0.2, 0) is 4.79 Å². The number of fused-ring (bicyclic) bond motifs is 1. The Morgan fingerprint density at radius 3 is 2.48 bits per heavy atom. The van der Waals surface area contributed by atoms with Gasteiger partial charge in [-0.15, -0.1) is 0 Å². The smallest absolute Gasteiger partial charge is 0.353 e.